The van der Waals surface area contributed by atoms with Gasteiger partial charge < -0.3 is 10.4 Å². The number of nitrogens with two attached hydrogens (primary N) is 1. The maximum atomic E-state index is 11.5. The fraction of sp³-hybridized carbons (Fsp3) is 0.333. The van der Waals surface area contributed by atoms with Crippen LogP contribution >= 0.6 is 11.3 Å². The molecule has 0 saturated heterocycles. The number of nitrogens with one attached hydrogen (secondary N) is 1. The Balaban J connectivity index is 2.52. The number of hydrogen-bond acceptors (Lipinski definition) is 5. The number of aliphatic carboxylic acids is 1. The van der Waals surface area contributed by atoms with Gasteiger partial charge in [-0.3, -0.25) is 9.59 Å². The summed E-state index contributed by atoms with van der Waals surface area (Å²) in [5.41, 5.74) is 0.194. The number of thiophene rings is 1. The zero-order valence-corrected chi connectivity index (χ0v) is 10.9. The molecule has 7 nitrogen and oxygen atoms in total. The van der Waals surface area contributed by atoms with E-state index in [1.807, 2.05) is 0 Å². The van der Waals surface area contributed by atoms with Crippen LogP contribution in [0.15, 0.2) is 15.7 Å². The highest BCUT2D eigenvalue weighted by molar-refractivity contribution is 7.91. The number of amides is 1. The molecule has 0 aromatic carbocycles. The second kappa shape index (κ2) is 5.94. The van der Waals surface area contributed by atoms with Crippen molar-refractivity contribution in [3.05, 3.63) is 17.0 Å². The van der Waals surface area contributed by atoms with Crippen molar-refractivity contribution in [2.24, 2.45) is 5.14 Å². The number of primary sulfonamides is 1. The van der Waals surface area contributed by atoms with E-state index >= 15 is 0 Å². The highest BCUT2D eigenvalue weighted by atomic mass is 32.2. The molecule has 1 rings (SSSR count). The van der Waals surface area contributed by atoms with E-state index < -0.39 is 21.9 Å². The van der Waals surface area contributed by atoms with E-state index in [1.165, 1.54) is 11.4 Å². The quantitative estimate of drug-likeness (QED) is 0.635. The van der Waals surface area contributed by atoms with Crippen LogP contribution in [-0.2, 0) is 14.8 Å². The Hall–Kier alpha value is -1.45. The van der Waals surface area contributed by atoms with Crippen LogP contribution in [0, 0.1) is 0 Å². The first-order valence-corrected chi connectivity index (χ1v) is 7.34. The summed E-state index contributed by atoms with van der Waals surface area (Å²) in [5.74, 6) is -1.39. The average molecular weight is 292 g/mol. The molecule has 0 unspecified atom stereocenters. The first kappa shape index (κ1) is 14.6. The molecule has 0 aliphatic carbocycles. The molecule has 1 amide bonds. The third kappa shape index (κ3) is 4.43. The first-order valence-electron chi connectivity index (χ1n) is 4.92. The average Bonchev–Trinajstić information content (AvgIpc) is 2.72. The van der Waals surface area contributed by atoms with Crippen LogP contribution in [0.5, 0.6) is 0 Å². The Morgan fingerprint density at radius 1 is 1.44 bits per heavy atom. The Morgan fingerprint density at radius 2 is 2.11 bits per heavy atom. The summed E-state index contributed by atoms with van der Waals surface area (Å²) < 4.78 is 21.9. The first-order chi connectivity index (χ1) is 8.30. The van der Waals surface area contributed by atoms with Crippen molar-refractivity contribution in [2.45, 2.75) is 17.1 Å². The van der Waals surface area contributed by atoms with Gasteiger partial charge in [0.1, 0.15) is 4.21 Å². The summed E-state index contributed by atoms with van der Waals surface area (Å²) in [4.78, 5) is 21.8. The van der Waals surface area contributed by atoms with Gasteiger partial charge in [0.25, 0.3) is 5.91 Å². The Kier molecular flexibility index (Phi) is 4.82. The molecule has 0 radical (unpaired) electrons. The molecule has 0 fully saturated rings. The second-order valence-electron chi connectivity index (χ2n) is 3.45. The van der Waals surface area contributed by atoms with E-state index in [-0.39, 0.29) is 22.7 Å². The van der Waals surface area contributed by atoms with Gasteiger partial charge >= 0.3 is 5.97 Å². The minimum absolute atomic E-state index is 0.0354. The number of carboxylic acid groups (broad SMARTS) is 1. The third-order valence-electron chi connectivity index (χ3n) is 1.97. The largest absolute Gasteiger partial charge is 0.481 e. The summed E-state index contributed by atoms with van der Waals surface area (Å²) in [6, 6.07) is 1.19. The Bertz CT molecular complexity index is 549. The van der Waals surface area contributed by atoms with Gasteiger partial charge in [-0.1, -0.05) is 0 Å². The van der Waals surface area contributed by atoms with Gasteiger partial charge in [-0.15, -0.1) is 11.3 Å². The van der Waals surface area contributed by atoms with Crippen molar-refractivity contribution >= 4 is 33.2 Å². The summed E-state index contributed by atoms with van der Waals surface area (Å²) in [5, 5.41) is 17.2. The second-order valence-corrected chi connectivity index (χ2v) is 6.15. The van der Waals surface area contributed by atoms with Gasteiger partial charge in [-0.2, -0.15) is 0 Å². The Morgan fingerprint density at radius 3 is 2.61 bits per heavy atom. The van der Waals surface area contributed by atoms with E-state index in [9.17, 15) is 18.0 Å². The van der Waals surface area contributed by atoms with Gasteiger partial charge in [0, 0.05) is 18.3 Å². The van der Waals surface area contributed by atoms with Crippen LogP contribution < -0.4 is 10.5 Å². The molecule has 0 spiro atoms. The molecular weight excluding hydrogens is 280 g/mol. The molecule has 0 saturated carbocycles. The lowest BCUT2D eigenvalue weighted by Gasteiger charge is -2.01. The third-order valence-corrected chi connectivity index (χ3v) is 4.36. The minimum Gasteiger partial charge on any atom is -0.481 e. The number of carbonyl (C=O) groups is 2. The maximum Gasteiger partial charge on any atom is 0.303 e. The minimum atomic E-state index is -3.79. The summed E-state index contributed by atoms with van der Waals surface area (Å²) >= 11 is 0.861. The standard InChI is InChI=1S/C9H12N2O5S2/c10-18(15,16)8-4-6(5-17-8)9(14)11-3-1-2-7(12)13/h4-5H,1-3H2,(H,11,14)(H,12,13)(H2,10,15,16). The molecule has 0 bridgehead atoms. The van der Waals surface area contributed by atoms with Crippen LogP contribution in [0.3, 0.4) is 0 Å². The van der Waals surface area contributed by atoms with E-state index in [4.69, 9.17) is 10.2 Å². The van der Waals surface area contributed by atoms with Gasteiger partial charge in [-0.25, -0.2) is 13.6 Å². The maximum absolute atomic E-state index is 11.5. The number of rotatable bonds is 6. The molecule has 100 valence electrons. The molecule has 18 heavy (non-hydrogen) atoms. The predicted octanol–water partition coefficient (Wildman–Crippen LogP) is -0.00990. The topological polar surface area (TPSA) is 127 Å². The molecular formula is C9H12N2O5S2. The SMILES string of the molecule is NS(=O)(=O)c1cc(C(=O)NCCCC(=O)O)cs1. The van der Waals surface area contributed by atoms with Crippen molar-refractivity contribution in [1.82, 2.24) is 5.32 Å². The number of hydrogen-bond donors (Lipinski definition) is 3. The van der Waals surface area contributed by atoms with E-state index in [0.717, 1.165) is 11.3 Å². The Labute approximate surface area is 108 Å². The van der Waals surface area contributed by atoms with Crippen LogP contribution in [0.1, 0.15) is 23.2 Å². The number of sulfonamides is 1. The molecule has 1 heterocycles. The van der Waals surface area contributed by atoms with E-state index in [1.54, 1.807) is 0 Å². The zero-order valence-electron chi connectivity index (χ0n) is 9.25. The molecule has 4 N–H and O–H groups in total. The molecule has 1 aromatic rings. The molecule has 1 aromatic heterocycles. The van der Waals surface area contributed by atoms with E-state index in [2.05, 4.69) is 5.32 Å². The molecule has 0 aliphatic rings. The highest BCUT2D eigenvalue weighted by Gasteiger charge is 2.14. The van der Waals surface area contributed by atoms with Crippen molar-refractivity contribution in [2.75, 3.05) is 6.54 Å². The van der Waals surface area contributed by atoms with Gasteiger partial charge in [0.05, 0.1) is 5.56 Å². The summed E-state index contributed by atoms with van der Waals surface area (Å²) in [6.07, 6.45) is 0.277. The number of carbonyl (C=O) groups excluding carboxylic acids is 1. The highest BCUT2D eigenvalue weighted by Crippen LogP contribution is 2.18. The molecule has 0 atom stereocenters. The fourth-order valence-electron chi connectivity index (χ4n) is 1.13. The zero-order chi connectivity index (χ0) is 13.8. The van der Waals surface area contributed by atoms with Crippen molar-refractivity contribution in [3.8, 4) is 0 Å². The predicted molar refractivity (Wildman–Crippen MR) is 64.9 cm³/mol. The normalized spacial score (nSPS) is 11.2. The summed E-state index contributed by atoms with van der Waals surface area (Å²) in [6.45, 7) is 0.214. The fourth-order valence-corrected chi connectivity index (χ4v) is 2.71. The van der Waals surface area contributed by atoms with Gasteiger partial charge in [0.2, 0.25) is 10.0 Å². The van der Waals surface area contributed by atoms with Crippen molar-refractivity contribution in [3.63, 3.8) is 0 Å². The van der Waals surface area contributed by atoms with Crippen molar-refractivity contribution < 1.29 is 23.1 Å². The lowest BCUT2D eigenvalue weighted by atomic mass is 10.3. The number of carboxylic acids is 1. The van der Waals surface area contributed by atoms with Crippen LogP contribution in [-0.4, -0.2) is 31.9 Å². The van der Waals surface area contributed by atoms with E-state index in [0.29, 0.717) is 6.42 Å². The van der Waals surface area contributed by atoms with Gasteiger partial charge in [0.15, 0.2) is 0 Å². The smallest absolute Gasteiger partial charge is 0.303 e. The lowest BCUT2D eigenvalue weighted by Crippen LogP contribution is -2.24. The molecule has 0 aliphatic heterocycles. The summed E-state index contributed by atoms with van der Waals surface area (Å²) in [7, 11) is -3.79. The monoisotopic (exact) mass is 292 g/mol. The lowest BCUT2D eigenvalue weighted by molar-refractivity contribution is -0.137. The van der Waals surface area contributed by atoms with Crippen molar-refractivity contribution in [1.29, 1.82) is 0 Å². The van der Waals surface area contributed by atoms with Crippen LogP contribution in [0.2, 0.25) is 0 Å². The van der Waals surface area contributed by atoms with Gasteiger partial charge in [-0.05, 0) is 12.5 Å². The molecule has 9 heteroatoms. The van der Waals surface area contributed by atoms with Crippen LogP contribution in [0.25, 0.3) is 0 Å². The van der Waals surface area contributed by atoms with Crippen LogP contribution in [0.4, 0.5) is 0 Å².